The molecule has 0 N–H and O–H groups in total. The van der Waals surface area contributed by atoms with Crippen molar-refractivity contribution in [3.05, 3.63) is 56.7 Å². The van der Waals surface area contributed by atoms with Gasteiger partial charge >= 0.3 is 5.69 Å². The van der Waals surface area contributed by atoms with E-state index in [1.54, 1.807) is 18.5 Å². The number of fused-ring (bicyclic) bond motifs is 1. The van der Waals surface area contributed by atoms with Gasteiger partial charge < -0.3 is 4.57 Å². The molecule has 2 aromatic heterocycles. The molecule has 0 aliphatic carbocycles. The average molecular weight is 372 g/mol. The van der Waals surface area contributed by atoms with Crippen LogP contribution in [0.3, 0.4) is 0 Å². The highest BCUT2D eigenvalue weighted by Crippen LogP contribution is 2.26. The van der Waals surface area contributed by atoms with Gasteiger partial charge in [0.25, 0.3) is 5.56 Å². The lowest BCUT2D eigenvalue weighted by atomic mass is 10.2. The zero-order valence-corrected chi connectivity index (χ0v) is 15.9. The largest absolute Gasteiger partial charge is 0.332 e. The van der Waals surface area contributed by atoms with E-state index < -0.39 is 11.2 Å². The number of thioether (sulfide) groups is 1. The maximum atomic E-state index is 12.8. The lowest BCUT2D eigenvalue weighted by Crippen LogP contribution is -2.37. The molecule has 0 saturated heterocycles. The summed E-state index contributed by atoms with van der Waals surface area (Å²) in [5.41, 5.74) is 0.862. The van der Waals surface area contributed by atoms with Gasteiger partial charge in [-0.3, -0.25) is 18.7 Å². The van der Waals surface area contributed by atoms with Crippen molar-refractivity contribution in [2.24, 2.45) is 14.1 Å². The summed E-state index contributed by atoms with van der Waals surface area (Å²) < 4.78 is 4.23. The van der Waals surface area contributed by atoms with Gasteiger partial charge in [0.1, 0.15) is 5.78 Å². The van der Waals surface area contributed by atoms with E-state index in [1.807, 2.05) is 30.3 Å². The molecule has 0 fully saturated rings. The number of imidazole rings is 1. The van der Waals surface area contributed by atoms with Crippen LogP contribution in [0.25, 0.3) is 11.2 Å². The second-order valence-corrected chi connectivity index (χ2v) is 7.52. The van der Waals surface area contributed by atoms with E-state index in [9.17, 15) is 14.4 Å². The Labute approximate surface area is 154 Å². The molecule has 0 radical (unpaired) electrons. The number of aromatic nitrogens is 4. The summed E-state index contributed by atoms with van der Waals surface area (Å²) in [5, 5.41) is 0.243. The molecule has 0 bridgehead atoms. The third-order valence-electron chi connectivity index (χ3n) is 4.35. The second kappa shape index (κ2) is 6.95. The Kier molecular flexibility index (Phi) is 4.86. The average Bonchev–Trinajstić information content (AvgIpc) is 2.97. The van der Waals surface area contributed by atoms with Crippen LogP contribution >= 0.6 is 11.8 Å². The Morgan fingerprint density at radius 3 is 2.42 bits per heavy atom. The Hall–Kier alpha value is -2.61. The first kappa shape index (κ1) is 18.2. The standard InChI is InChI=1S/C18H20N4O3S/c1-11(23)12(2)26-17-19-15-14(16(24)21(4)18(25)20(15)3)22(17)10-13-8-6-5-7-9-13/h5-9,12H,10H2,1-4H3/t12-/m1/s1. The highest BCUT2D eigenvalue weighted by atomic mass is 32.2. The minimum atomic E-state index is -0.428. The monoisotopic (exact) mass is 372 g/mol. The summed E-state index contributed by atoms with van der Waals surface area (Å²) >= 11 is 1.29. The predicted octanol–water partition coefficient (Wildman–Crippen LogP) is 1.55. The first-order valence-corrected chi connectivity index (χ1v) is 9.06. The molecule has 3 aromatic rings. The third-order valence-corrected chi connectivity index (χ3v) is 5.56. The first-order chi connectivity index (χ1) is 12.3. The van der Waals surface area contributed by atoms with Crippen LogP contribution < -0.4 is 11.2 Å². The van der Waals surface area contributed by atoms with Crippen molar-refractivity contribution in [1.29, 1.82) is 0 Å². The maximum Gasteiger partial charge on any atom is 0.332 e. The van der Waals surface area contributed by atoms with Gasteiger partial charge in [0.05, 0.1) is 11.8 Å². The Morgan fingerprint density at radius 2 is 1.81 bits per heavy atom. The van der Waals surface area contributed by atoms with Gasteiger partial charge in [-0.1, -0.05) is 42.1 Å². The molecule has 8 heteroatoms. The zero-order valence-electron chi connectivity index (χ0n) is 15.1. The molecular weight excluding hydrogens is 352 g/mol. The summed E-state index contributed by atoms with van der Waals surface area (Å²) in [4.78, 5) is 41.2. The number of nitrogens with zero attached hydrogens (tertiary/aromatic N) is 4. The van der Waals surface area contributed by atoms with Crippen LogP contribution in [0.15, 0.2) is 45.1 Å². The quantitative estimate of drug-likeness (QED) is 0.635. The first-order valence-electron chi connectivity index (χ1n) is 8.18. The number of hydrogen-bond acceptors (Lipinski definition) is 5. The Balaban J connectivity index is 2.28. The van der Waals surface area contributed by atoms with Crippen LogP contribution in [-0.4, -0.2) is 29.7 Å². The number of aryl methyl sites for hydroxylation is 1. The van der Waals surface area contributed by atoms with E-state index in [-0.39, 0.29) is 11.0 Å². The minimum absolute atomic E-state index is 0.0232. The maximum absolute atomic E-state index is 12.8. The molecule has 0 aliphatic heterocycles. The van der Waals surface area contributed by atoms with Crippen molar-refractivity contribution in [2.75, 3.05) is 0 Å². The topological polar surface area (TPSA) is 78.9 Å². The van der Waals surface area contributed by atoms with E-state index in [4.69, 9.17) is 0 Å². The summed E-state index contributed by atoms with van der Waals surface area (Å²) in [6, 6.07) is 9.69. The van der Waals surface area contributed by atoms with Crippen LogP contribution in [0.4, 0.5) is 0 Å². The van der Waals surface area contributed by atoms with Crippen molar-refractivity contribution in [3.63, 3.8) is 0 Å². The molecule has 0 unspecified atom stereocenters. The summed E-state index contributed by atoms with van der Waals surface area (Å²) in [7, 11) is 3.04. The lowest BCUT2D eigenvalue weighted by molar-refractivity contribution is -0.116. The van der Waals surface area contributed by atoms with Gasteiger partial charge in [-0.15, -0.1) is 0 Å². The van der Waals surface area contributed by atoms with E-state index in [0.717, 1.165) is 10.1 Å². The molecule has 26 heavy (non-hydrogen) atoms. The van der Waals surface area contributed by atoms with E-state index in [2.05, 4.69) is 4.98 Å². The van der Waals surface area contributed by atoms with Crippen molar-refractivity contribution in [3.8, 4) is 0 Å². The van der Waals surface area contributed by atoms with Gasteiger partial charge in [-0.25, -0.2) is 9.78 Å². The number of ketones is 1. The molecule has 3 rings (SSSR count). The molecule has 1 atom stereocenters. The number of hydrogen-bond donors (Lipinski definition) is 0. The van der Waals surface area contributed by atoms with Crippen LogP contribution in [0.2, 0.25) is 0 Å². The predicted molar refractivity (Wildman–Crippen MR) is 102 cm³/mol. The van der Waals surface area contributed by atoms with Crippen molar-refractivity contribution in [1.82, 2.24) is 18.7 Å². The fourth-order valence-electron chi connectivity index (χ4n) is 2.67. The lowest BCUT2D eigenvalue weighted by Gasteiger charge is -2.11. The molecule has 0 spiro atoms. The smallest absolute Gasteiger partial charge is 0.309 e. The van der Waals surface area contributed by atoms with Gasteiger partial charge in [-0.05, 0) is 19.4 Å². The number of carbonyl (C=O) groups is 1. The molecule has 1 aromatic carbocycles. The minimum Gasteiger partial charge on any atom is -0.309 e. The number of benzene rings is 1. The van der Waals surface area contributed by atoms with Crippen molar-refractivity contribution < 1.29 is 4.79 Å². The SMILES string of the molecule is CC(=O)[C@@H](C)Sc1nc2c(c(=O)n(C)c(=O)n2C)n1Cc1ccccc1. The number of carbonyl (C=O) groups excluding carboxylic acids is 1. The van der Waals surface area contributed by atoms with Crippen LogP contribution in [0.5, 0.6) is 0 Å². The fraction of sp³-hybridized carbons (Fsp3) is 0.333. The molecule has 2 heterocycles. The highest BCUT2D eigenvalue weighted by Gasteiger charge is 2.22. The summed E-state index contributed by atoms with van der Waals surface area (Å²) in [5.74, 6) is 0.0232. The molecule has 136 valence electrons. The molecule has 0 amide bonds. The van der Waals surface area contributed by atoms with Crippen LogP contribution in [-0.2, 0) is 25.4 Å². The normalized spacial score (nSPS) is 12.5. The molecular formula is C18H20N4O3S. The van der Waals surface area contributed by atoms with Crippen LogP contribution in [0, 0.1) is 0 Å². The van der Waals surface area contributed by atoms with Crippen molar-refractivity contribution >= 4 is 28.7 Å². The van der Waals surface area contributed by atoms with Gasteiger partial charge in [0, 0.05) is 14.1 Å². The van der Waals surface area contributed by atoms with Gasteiger partial charge in [-0.2, -0.15) is 0 Å². The second-order valence-electron chi connectivity index (χ2n) is 6.21. The third kappa shape index (κ3) is 3.12. The Bertz CT molecular complexity index is 1100. The van der Waals surface area contributed by atoms with E-state index in [1.165, 1.54) is 30.3 Å². The molecule has 0 saturated carbocycles. The van der Waals surface area contributed by atoms with E-state index in [0.29, 0.717) is 22.9 Å². The number of rotatable bonds is 5. The summed E-state index contributed by atoms with van der Waals surface area (Å²) in [6.07, 6.45) is 0. The Morgan fingerprint density at radius 1 is 1.15 bits per heavy atom. The van der Waals surface area contributed by atoms with Gasteiger partial charge in [0.15, 0.2) is 16.3 Å². The molecule has 0 aliphatic rings. The summed E-state index contributed by atoms with van der Waals surface area (Å²) in [6.45, 7) is 3.75. The fourth-order valence-corrected chi connectivity index (χ4v) is 3.57. The van der Waals surface area contributed by atoms with Crippen molar-refractivity contribution in [2.45, 2.75) is 30.8 Å². The molecule has 7 nitrogen and oxygen atoms in total. The van der Waals surface area contributed by atoms with E-state index >= 15 is 0 Å². The van der Waals surface area contributed by atoms with Gasteiger partial charge in [0.2, 0.25) is 0 Å². The number of Topliss-reactive ketones (excluding diaryl/α,β-unsaturated/α-hetero) is 1. The zero-order chi connectivity index (χ0) is 19.0. The van der Waals surface area contributed by atoms with Crippen LogP contribution in [0.1, 0.15) is 19.4 Å². The highest BCUT2D eigenvalue weighted by molar-refractivity contribution is 8.00.